The van der Waals surface area contributed by atoms with Crippen LogP contribution in [0.4, 0.5) is 5.69 Å². The molecular weight excluding hydrogens is 252 g/mol. The quantitative estimate of drug-likeness (QED) is 0.741. The Morgan fingerprint density at radius 2 is 1.55 bits per heavy atom. The maximum Gasteiger partial charge on any atom is 0.255 e. The van der Waals surface area contributed by atoms with Crippen LogP contribution in [0.2, 0.25) is 0 Å². The van der Waals surface area contributed by atoms with Gasteiger partial charge in [-0.2, -0.15) is 10.5 Å². The second-order valence-electron chi connectivity index (χ2n) is 4.20. The van der Waals surface area contributed by atoms with Crippen LogP contribution in [0, 0.1) is 22.7 Å². The molecule has 0 saturated heterocycles. The molecule has 0 saturated carbocycles. The highest BCUT2D eigenvalue weighted by Crippen LogP contribution is 2.16. The number of nitriles is 2. The Labute approximate surface area is 119 Å². The summed E-state index contributed by atoms with van der Waals surface area (Å²) in [6, 6.07) is 11.0. The summed E-state index contributed by atoms with van der Waals surface area (Å²) in [5.41, 5.74) is 1.55. The average molecular weight is 270 g/mol. The number of hydrogen-bond acceptors (Lipinski definition) is 4. The van der Waals surface area contributed by atoms with Gasteiger partial charge in [0.05, 0.1) is 12.1 Å². The van der Waals surface area contributed by atoms with Gasteiger partial charge in [-0.25, -0.2) is 0 Å². The number of hydrogen-bond donors (Lipinski definition) is 0. The molecular formula is C15H18N4O. The average Bonchev–Trinajstić information content (AvgIpc) is 2.48. The zero-order valence-corrected chi connectivity index (χ0v) is 11.8. The number of amides is 1. The van der Waals surface area contributed by atoms with Gasteiger partial charge in [0.2, 0.25) is 0 Å². The summed E-state index contributed by atoms with van der Waals surface area (Å²) in [5.74, 6) is -0.292. The van der Waals surface area contributed by atoms with Crippen molar-refractivity contribution in [3.8, 4) is 12.1 Å². The number of anilines is 1. The summed E-state index contributed by atoms with van der Waals surface area (Å²) < 4.78 is 0. The molecule has 0 aliphatic heterocycles. The van der Waals surface area contributed by atoms with Crippen molar-refractivity contribution in [1.82, 2.24) is 4.90 Å². The molecule has 0 aliphatic carbocycles. The molecule has 0 radical (unpaired) electrons. The molecule has 0 N–H and O–H groups in total. The molecule has 0 unspecified atom stereocenters. The topological polar surface area (TPSA) is 71.1 Å². The van der Waals surface area contributed by atoms with Crippen molar-refractivity contribution in [2.75, 3.05) is 31.1 Å². The Kier molecular flexibility index (Phi) is 6.06. The SMILES string of the molecule is CCN(CC)c1ccc(C(=O)N(CC#N)CC#N)cc1. The number of benzene rings is 1. The normalized spacial score (nSPS) is 9.40. The van der Waals surface area contributed by atoms with E-state index < -0.39 is 0 Å². The Morgan fingerprint density at radius 1 is 1.05 bits per heavy atom. The van der Waals surface area contributed by atoms with Crippen LogP contribution >= 0.6 is 0 Å². The molecule has 20 heavy (non-hydrogen) atoms. The van der Waals surface area contributed by atoms with Gasteiger partial charge >= 0.3 is 0 Å². The van der Waals surface area contributed by atoms with Crippen LogP contribution in [0.15, 0.2) is 24.3 Å². The van der Waals surface area contributed by atoms with Crippen LogP contribution in [0.3, 0.4) is 0 Å². The molecule has 0 bridgehead atoms. The fourth-order valence-electron chi connectivity index (χ4n) is 1.96. The minimum Gasteiger partial charge on any atom is -0.372 e. The van der Waals surface area contributed by atoms with Crippen LogP contribution in [-0.4, -0.2) is 37.0 Å². The van der Waals surface area contributed by atoms with Crippen molar-refractivity contribution >= 4 is 11.6 Å². The summed E-state index contributed by atoms with van der Waals surface area (Å²) >= 11 is 0. The maximum absolute atomic E-state index is 12.2. The van der Waals surface area contributed by atoms with Gasteiger partial charge in [0, 0.05) is 24.3 Å². The fraction of sp³-hybridized carbons (Fsp3) is 0.400. The van der Waals surface area contributed by atoms with Crippen molar-refractivity contribution in [1.29, 1.82) is 10.5 Å². The van der Waals surface area contributed by atoms with E-state index in [0.717, 1.165) is 18.8 Å². The van der Waals surface area contributed by atoms with E-state index in [1.165, 1.54) is 4.90 Å². The highest BCUT2D eigenvalue weighted by Gasteiger charge is 2.15. The molecule has 5 nitrogen and oxygen atoms in total. The van der Waals surface area contributed by atoms with E-state index in [0.29, 0.717) is 5.56 Å². The zero-order valence-electron chi connectivity index (χ0n) is 11.8. The molecule has 0 atom stereocenters. The van der Waals surface area contributed by atoms with Gasteiger partial charge in [-0.3, -0.25) is 4.79 Å². The third kappa shape index (κ3) is 3.73. The number of rotatable bonds is 6. The molecule has 0 heterocycles. The standard InChI is InChI=1S/C15H18N4O/c1-3-18(4-2)14-7-5-13(6-8-14)15(20)19(11-9-16)12-10-17/h5-8H,3-4,11-12H2,1-2H3. The van der Waals surface area contributed by atoms with Crippen molar-refractivity contribution in [2.45, 2.75) is 13.8 Å². The lowest BCUT2D eigenvalue weighted by atomic mass is 10.1. The van der Waals surface area contributed by atoms with Gasteiger partial charge in [0.25, 0.3) is 5.91 Å². The van der Waals surface area contributed by atoms with Gasteiger partial charge in [0.1, 0.15) is 13.1 Å². The first kappa shape index (κ1) is 15.5. The predicted molar refractivity (Wildman–Crippen MR) is 77.1 cm³/mol. The first-order valence-corrected chi connectivity index (χ1v) is 6.56. The summed E-state index contributed by atoms with van der Waals surface area (Å²) in [7, 11) is 0. The van der Waals surface area contributed by atoms with Gasteiger partial charge in [-0.1, -0.05) is 0 Å². The van der Waals surface area contributed by atoms with Crippen LogP contribution < -0.4 is 4.90 Å². The Bertz CT molecular complexity index is 504. The Balaban J connectivity index is 2.90. The van der Waals surface area contributed by atoms with Crippen LogP contribution in [0.5, 0.6) is 0 Å². The zero-order chi connectivity index (χ0) is 15.0. The minimum absolute atomic E-state index is 0.0792. The summed E-state index contributed by atoms with van der Waals surface area (Å²) in [5, 5.41) is 17.4. The first-order valence-electron chi connectivity index (χ1n) is 6.56. The van der Waals surface area contributed by atoms with E-state index in [1.807, 2.05) is 24.3 Å². The van der Waals surface area contributed by atoms with Crippen LogP contribution in [-0.2, 0) is 0 Å². The fourth-order valence-corrected chi connectivity index (χ4v) is 1.96. The second-order valence-corrected chi connectivity index (χ2v) is 4.20. The Morgan fingerprint density at radius 3 is 1.95 bits per heavy atom. The lowest BCUT2D eigenvalue weighted by Gasteiger charge is -2.21. The minimum atomic E-state index is -0.292. The molecule has 1 amide bonds. The molecule has 1 aromatic rings. The van der Waals surface area contributed by atoms with Crippen LogP contribution in [0.1, 0.15) is 24.2 Å². The predicted octanol–water partition coefficient (Wildman–Crippen LogP) is 2.02. The molecule has 0 spiro atoms. The van der Waals surface area contributed by atoms with Gasteiger partial charge in [0.15, 0.2) is 0 Å². The number of carbonyl (C=O) groups excluding carboxylic acids is 1. The Hall–Kier alpha value is -2.53. The van der Waals surface area contributed by atoms with Crippen molar-refractivity contribution in [2.24, 2.45) is 0 Å². The van der Waals surface area contributed by atoms with Crippen LogP contribution in [0.25, 0.3) is 0 Å². The molecule has 5 heteroatoms. The third-order valence-electron chi connectivity index (χ3n) is 3.05. The van der Waals surface area contributed by atoms with Gasteiger partial charge in [-0.05, 0) is 38.1 Å². The smallest absolute Gasteiger partial charge is 0.255 e. The first-order chi connectivity index (χ1) is 9.67. The van der Waals surface area contributed by atoms with Gasteiger partial charge < -0.3 is 9.80 Å². The number of carbonyl (C=O) groups is 1. The van der Waals surface area contributed by atoms with Gasteiger partial charge in [-0.15, -0.1) is 0 Å². The van der Waals surface area contributed by atoms with E-state index in [4.69, 9.17) is 10.5 Å². The lowest BCUT2D eigenvalue weighted by Crippen LogP contribution is -2.31. The molecule has 0 aromatic heterocycles. The molecule has 1 rings (SSSR count). The monoisotopic (exact) mass is 270 g/mol. The maximum atomic E-state index is 12.2. The van der Waals surface area contributed by atoms with Crippen molar-refractivity contribution in [3.05, 3.63) is 29.8 Å². The largest absolute Gasteiger partial charge is 0.372 e. The highest BCUT2D eigenvalue weighted by molar-refractivity contribution is 5.94. The highest BCUT2D eigenvalue weighted by atomic mass is 16.2. The second kappa shape index (κ2) is 7.81. The number of nitrogens with zero attached hydrogens (tertiary/aromatic N) is 4. The molecule has 0 fully saturated rings. The van der Waals surface area contributed by atoms with Crippen molar-refractivity contribution < 1.29 is 4.79 Å². The summed E-state index contributed by atoms with van der Waals surface area (Å²) in [4.78, 5) is 15.6. The lowest BCUT2D eigenvalue weighted by molar-refractivity contribution is 0.0795. The molecule has 104 valence electrons. The van der Waals surface area contributed by atoms with E-state index in [-0.39, 0.29) is 19.0 Å². The van der Waals surface area contributed by atoms with E-state index in [2.05, 4.69) is 18.7 Å². The van der Waals surface area contributed by atoms with Crippen molar-refractivity contribution in [3.63, 3.8) is 0 Å². The summed E-state index contributed by atoms with van der Waals surface area (Å²) in [6.45, 7) is 5.79. The summed E-state index contributed by atoms with van der Waals surface area (Å²) in [6.07, 6.45) is 0. The van der Waals surface area contributed by atoms with E-state index in [9.17, 15) is 4.79 Å². The molecule has 1 aromatic carbocycles. The third-order valence-corrected chi connectivity index (χ3v) is 3.05. The molecule has 0 aliphatic rings. The van der Waals surface area contributed by atoms with E-state index in [1.54, 1.807) is 12.1 Å². The van der Waals surface area contributed by atoms with E-state index >= 15 is 0 Å².